The maximum atomic E-state index is 12.2. The zero-order chi connectivity index (χ0) is 17.1. The van der Waals surface area contributed by atoms with E-state index in [-0.39, 0.29) is 17.0 Å². The lowest BCUT2D eigenvalue weighted by Gasteiger charge is -2.18. The molecule has 0 aromatic heterocycles. The third-order valence-electron chi connectivity index (χ3n) is 2.77. The van der Waals surface area contributed by atoms with Crippen molar-refractivity contribution in [3.8, 4) is 0 Å². The Kier molecular flexibility index (Phi) is 5.20. The lowest BCUT2D eigenvalue weighted by molar-refractivity contribution is -0.385. The van der Waals surface area contributed by atoms with Crippen molar-refractivity contribution in [3.05, 3.63) is 33.9 Å². The minimum atomic E-state index is -3.76. The summed E-state index contributed by atoms with van der Waals surface area (Å²) < 4.78 is 23.1. The fraction of sp³-hybridized carbons (Fsp3) is 0.333. The summed E-state index contributed by atoms with van der Waals surface area (Å²) in [5.74, 6) is -2.04. The van der Waals surface area contributed by atoms with Gasteiger partial charge in [-0.15, -0.1) is 0 Å². The monoisotopic (exact) mass is 330 g/mol. The molecule has 0 aliphatic heterocycles. The van der Waals surface area contributed by atoms with E-state index in [0.717, 1.165) is 29.4 Å². The Bertz CT molecular complexity index is 727. The number of non-ortho nitro benzene ring substituents is 1. The summed E-state index contributed by atoms with van der Waals surface area (Å²) in [6, 6.07) is 2.76. The molecule has 0 aliphatic rings. The van der Waals surface area contributed by atoms with Crippen molar-refractivity contribution in [2.75, 3.05) is 19.3 Å². The zero-order valence-electron chi connectivity index (χ0n) is 11.8. The summed E-state index contributed by atoms with van der Waals surface area (Å²) in [6.07, 6.45) is 0.856. The molecule has 0 atom stereocenters. The molecule has 0 heterocycles. The minimum Gasteiger partial charge on any atom is -0.480 e. The molecule has 1 rings (SSSR count). The van der Waals surface area contributed by atoms with Crippen molar-refractivity contribution in [2.45, 2.75) is 11.8 Å². The second kappa shape index (κ2) is 6.52. The summed E-state index contributed by atoms with van der Waals surface area (Å²) in [5, 5.41) is 19.6. The van der Waals surface area contributed by atoms with Gasteiger partial charge in [-0.2, -0.15) is 0 Å². The van der Waals surface area contributed by atoms with Gasteiger partial charge in [-0.3, -0.25) is 19.7 Å². The number of sulfone groups is 1. The predicted molar refractivity (Wildman–Crippen MR) is 75.4 cm³/mol. The summed E-state index contributed by atoms with van der Waals surface area (Å²) in [6.45, 7) is 1.00. The van der Waals surface area contributed by atoms with Crippen LogP contribution in [0.25, 0.3) is 0 Å². The van der Waals surface area contributed by atoms with Crippen molar-refractivity contribution < 1.29 is 28.0 Å². The molecular formula is C12H14N2O7S. The highest BCUT2D eigenvalue weighted by Crippen LogP contribution is 2.22. The van der Waals surface area contributed by atoms with E-state index in [2.05, 4.69) is 0 Å². The Balaban J connectivity index is 3.39. The predicted octanol–water partition coefficient (Wildman–Crippen LogP) is 0.545. The number of carboxylic acids is 1. The van der Waals surface area contributed by atoms with Crippen LogP contribution in [0, 0.1) is 10.1 Å². The Morgan fingerprint density at radius 2 is 1.91 bits per heavy atom. The van der Waals surface area contributed by atoms with Crippen LogP contribution in [0.1, 0.15) is 17.3 Å². The number of nitrogens with zero attached hydrogens (tertiary/aromatic N) is 2. The summed E-state index contributed by atoms with van der Waals surface area (Å²) in [7, 11) is -3.76. The van der Waals surface area contributed by atoms with Crippen LogP contribution in [0.2, 0.25) is 0 Å². The smallest absolute Gasteiger partial charge is 0.323 e. The number of likely N-dealkylation sites (N-methyl/N-ethyl adjacent to an activating group) is 1. The number of aliphatic carboxylic acids is 1. The van der Waals surface area contributed by atoms with Gasteiger partial charge in [0.15, 0.2) is 9.84 Å². The number of carboxylic acid groups (broad SMARTS) is 1. The number of amides is 1. The first kappa shape index (κ1) is 17.6. The first-order valence-electron chi connectivity index (χ1n) is 6.07. The molecule has 0 aliphatic carbocycles. The van der Waals surface area contributed by atoms with Crippen molar-refractivity contribution in [3.63, 3.8) is 0 Å². The van der Waals surface area contributed by atoms with E-state index in [1.54, 1.807) is 0 Å². The minimum absolute atomic E-state index is 0.0576. The molecule has 120 valence electrons. The van der Waals surface area contributed by atoms with Crippen LogP contribution < -0.4 is 0 Å². The number of nitro benzene ring substituents is 1. The van der Waals surface area contributed by atoms with Crippen LogP contribution in [-0.4, -0.2) is 54.6 Å². The fourth-order valence-electron chi connectivity index (χ4n) is 1.70. The molecule has 1 N–H and O–H groups in total. The van der Waals surface area contributed by atoms with E-state index in [1.165, 1.54) is 6.92 Å². The Labute approximate surface area is 126 Å². The van der Waals surface area contributed by atoms with Gasteiger partial charge in [0, 0.05) is 30.5 Å². The van der Waals surface area contributed by atoms with Crippen LogP contribution in [-0.2, 0) is 14.6 Å². The van der Waals surface area contributed by atoms with Crippen LogP contribution in [0.15, 0.2) is 23.1 Å². The molecule has 0 saturated heterocycles. The second-order valence-corrected chi connectivity index (χ2v) is 6.47. The van der Waals surface area contributed by atoms with Gasteiger partial charge in [-0.1, -0.05) is 0 Å². The molecular weight excluding hydrogens is 316 g/mol. The lowest BCUT2D eigenvalue weighted by Crippen LogP contribution is -2.35. The molecule has 10 heteroatoms. The topological polar surface area (TPSA) is 135 Å². The molecule has 1 aromatic rings. The van der Waals surface area contributed by atoms with Crippen LogP contribution in [0.3, 0.4) is 0 Å². The quantitative estimate of drug-likeness (QED) is 0.594. The summed E-state index contributed by atoms with van der Waals surface area (Å²) in [5.41, 5.74) is -0.810. The van der Waals surface area contributed by atoms with Gasteiger partial charge >= 0.3 is 5.97 Å². The number of carbonyl (C=O) groups is 2. The van der Waals surface area contributed by atoms with E-state index in [9.17, 15) is 28.1 Å². The van der Waals surface area contributed by atoms with Crippen molar-refractivity contribution in [1.82, 2.24) is 4.90 Å². The van der Waals surface area contributed by atoms with Crippen LogP contribution in [0.4, 0.5) is 5.69 Å². The number of rotatable bonds is 6. The molecule has 0 saturated carbocycles. The Morgan fingerprint density at radius 1 is 1.32 bits per heavy atom. The van der Waals surface area contributed by atoms with Gasteiger partial charge in [-0.25, -0.2) is 8.42 Å². The third kappa shape index (κ3) is 4.25. The molecule has 9 nitrogen and oxygen atoms in total. The number of carbonyl (C=O) groups excluding carboxylic acids is 1. The highest BCUT2D eigenvalue weighted by Gasteiger charge is 2.22. The molecule has 0 bridgehead atoms. The molecule has 22 heavy (non-hydrogen) atoms. The molecule has 1 aromatic carbocycles. The SMILES string of the molecule is CCN(CC(=O)O)C(=O)c1cc([N+](=O)[O-])cc(S(C)(=O)=O)c1. The maximum Gasteiger partial charge on any atom is 0.323 e. The van der Waals surface area contributed by atoms with Crippen LogP contribution >= 0.6 is 0 Å². The number of hydrogen-bond donors (Lipinski definition) is 1. The molecule has 0 unspecified atom stereocenters. The van der Waals surface area contributed by atoms with Crippen molar-refractivity contribution >= 4 is 27.4 Å². The standard InChI is InChI=1S/C12H14N2O7S/c1-3-13(7-11(15)16)12(17)8-4-9(14(18)19)6-10(5-8)22(2,20)21/h4-6H,3,7H2,1-2H3,(H,15,16). The van der Waals surface area contributed by atoms with E-state index in [1.807, 2.05) is 0 Å². The summed E-state index contributed by atoms with van der Waals surface area (Å²) in [4.78, 5) is 33.5. The Hall–Kier alpha value is -2.49. The average molecular weight is 330 g/mol. The number of nitro groups is 1. The lowest BCUT2D eigenvalue weighted by atomic mass is 10.1. The molecule has 0 spiro atoms. The fourth-order valence-corrected chi connectivity index (χ4v) is 2.38. The first-order valence-corrected chi connectivity index (χ1v) is 7.96. The highest BCUT2D eigenvalue weighted by atomic mass is 32.2. The van der Waals surface area contributed by atoms with E-state index >= 15 is 0 Å². The second-order valence-electron chi connectivity index (χ2n) is 4.46. The largest absolute Gasteiger partial charge is 0.480 e. The number of benzene rings is 1. The van der Waals surface area contributed by atoms with Gasteiger partial charge in [0.2, 0.25) is 0 Å². The van der Waals surface area contributed by atoms with E-state index in [0.29, 0.717) is 0 Å². The third-order valence-corrected chi connectivity index (χ3v) is 3.86. The zero-order valence-corrected chi connectivity index (χ0v) is 12.7. The first-order chi connectivity index (χ1) is 10.1. The molecule has 0 fully saturated rings. The van der Waals surface area contributed by atoms with Crippen molar-refractivity contribution in [2.24, 2.45) is 0 Å². The van der Waals surface area contributed by atoms with E-state index < -0.39 is 38.9 Å². The molecule has 0 radical (unpaired) electrons. The van der Waals surface area contributed by atoms with Crippen molar-refractivity contribution in [1.29, 1.82) is 0 Å². The maximum absolute atomic E-state index is 12.2. The molecule has 1 amide bonds. The number of hydrogen-bond acceptors (Lipinski definition) is 6. The van der Waals surface area contributed by atoms with Gasteiger partial charge < -0.3 is 10.0 Å². The Morgan fingerprint density at radius 3 is 2.32 bits per heavy atom. The highest BCUT2D eigenvalue weighted by molar-refractivity contribution is 7.90. The van der Waals surface area contributed by atoms with Gasteiger partial charge in [0.1, 0.15) is 6.54 Å². The van der Waals surface area contributed by atoms with Gasteiger partial charge in [0.25, 0.3) is 11.6 Å². The van der Waals surface area contributed by atoms with Crippen LogP contribution in [0.5, 0.6) is 0 Å². The van der Waals surface area contributed by atoms with Gasteiger partial charge in [0.05, 0.1) is 9.82 Å². The normalized spacial score (nSPS) is 11.0. The van der Waals surface area contributed by atoms with Gasteiger partial charge in [-0.05, 0) is 13.0 Å². The summed E-state index contributed by atoms with van der Waals surface area (Å²) >= 11 is 0. The average Bonchev–Trinajstić information content (AvgIpc) is 2.42. The van der Waals surface area contributed by atoms with E-state index in [4.69, 9.17) is 5.11 Å².